The van der Waals surface area contributed by atoms with Gasteiger partial charge in [0.2, 0.25) is 5.91 Å². The minimum absolute atomic E-state index is 0.0416. The third-order valence-electron chi connectivity index (χ3n) is 5.10. The van der Waals surface area contributed by atoms with Gasteiger partial charge in [0.15, 0.2) is 10.8 Å². The van der Waals surface area contributed by atoms with Crippen molar-refractivity contribution in [2.45, 2.75) is 43.1 Å². The molecule has 1 saturated carbocycles. The Morgan fingerprint density at radius 3 is 2.66 bits per heavy atom. The molecule has 1 amide bonds. The van der Waals surface area contributed by atoms with Gasteiger partial charge < -0.3 is 5.32 Å². The van der Waals surface area contributed by atoms with Gasteiger partial charge in [-0.15, -0.1) is 10.2 Å². The summed E-state index contributed by atoms with van der Waals surface area (Å²) in [5, 5.41) is 13.3. The number of amides is 1. The molecular weight excluding hydrogens is 382 g/mol. The van der Waals surface area contributed by atoms with E-state index in [4.69, 9.17) is 4.98 Å². The van der Waals surface area contributed by atoms with Gasteiger partial charge in [-0.1, -0.05) is 53.7 Å². The van der Waals surface area contributed by atoms with Crippen LogP contribution in [0.15, 0.2) is 53.7 Å². The van der Waals surface area contributed by atoms with Crippen LogP contribution in [0.25, 0.3) is 27.9 Å². The Hall–Kier alpha value is -2.93. The lowest BCUT2D eigenvalue weighted by Crippen LogP contribution is -2.32. The number of nitrogens with one attached hydrogen (secondary N) is 1. The number of thioether (sulfide) groups is 1. The predicted octanol–water partition coefficient (Wildman–Crippen LogP) is 4.01. The molecule has 4 aromatic rings. The van der Waals surface area contributed by atoms with E-state index in [1.807, 2.05) is 35.6 Å². The van der Waals surface area contributed by atoms with Gasteiger partial charge in [-0.05, 0) is 38.8 Å². The highest BCUT2D eigenvalue weighted by molar-refractivity contribution is 8.00. The van der Waals surface area contributed by atoms with Gasteiger partial charge in [0, 0.05) is 17.0 Å². The predicted molar refractivity (Wildman–Crippen MR) is 115 cm³/mol. The Labute approximate surface area is 172 Å². The first-order valence-corrected chi connectivity index (χ1v) is 10.7. The second-order valence-corrected chi connectivity index (χ2v) is 8.81. The Morgan fingerprint density at radius 1 is 1.14 bits per heavy atom. The van der Waals surface area contributed by atoms with E-state index in [2.05, 4.69) is 46.7 Å². The van der Waals surface area contributed by atoms with Gasteiger partial charge in [0.05, 0.1) is 10.8 Å². The van der Waals surface area contributed by atoms with E-state index in [9.17, 15) is 4.79 Å². The lowest BCUT2D eigenvalue weighted by atomic mass is 10.1. The Balaban J connectivity index is 1.63. The third-order valence-corrected chi connectivity index (χ3v) is 6.14. The van der Waals surface area contributed by atoms with E-state index >= 15 is 0 Å². The topological polar surface area (TPSA) is 72.2 Å². The molecule has 1 fully saturated rings. The number of para-hydroxylation sites is 1. The second kappa shape index (κ2) is 7.15. The summed E-state index contributed by atoms with van der Waals surface area (Å²) in [6.07, 6.45) is 2.15. The van der Waals surface area contributed by atoms with Gasteiger partial charge >= 0.3 is 0 Å². The van der Waals surface area contributed by atoms with Crippen molar-refractivity contribution in [2.24, 2.45) is 0 Å². The first kappa shape index (κ1) is 18.1. The summed E-state index contributed by atoms with van der Waals surface area (Å²) in [5.74, 6) is 0.820. The minimum Gasteiger partial charge on any atom is -0.352 e. The fourth-order valence-electron chi connectivity index (χ4n) is 3.29. The van der Waals surface area contributed by atoms with Crippen LogP contribution < -0.4 is 5.32 Å². The number of fused-ring (bicyclic) bond motifs is 3. The van der Waals surface area contributed by atoms with Crippen LogP contribution in [0.4, 0.5) is 0 Å². The standard InChI is InChI=1S/C22H21N5OS/c1-13-7-9-15(10-8-13)19-24-18-6-4-3-5-17(18)20-25-26-22(27(19)20)29-14(2)21(28)23-16-11-12-16/h3-10,14,16H,11-12H2,1-2H3,(H,23,28). The molecule has 0 aliphatic heterocycles. The zero-order chi connectivity index (χ0) is 20.0. The average molecular weight is 404 g/mol. The molecule has 0 bridgehead atoms. The van der Waals surface area contributed by atoms with Crippen molar-refractivity contribution in [1.29, 1.82) is 0 Å². The molecule has 0 spiro atoms. The minimum atomic E-state index is -0.264. The summed E-state index contributed by atoms with van der Waals surface area (Å²) < 4.78 is 1.97. The number of hydrogen-bond acceptors (Lipinski definition) is 5. The molecule has 5 rings (SSSR count). The van der Waals surface area contributed by atoms with E-state index in [1.54, 1.807) is 0 Å². The fraction of sp³-hybridized carbons (Fsp3) is 0.273. The van der Waals surface area contributed by atoms with Crippen molar-refractivity contribution < 1.29 is 4.79 Å². The molecule has 29 heavy (non-hydrogen) atoms. The molecule has 6 nitrogen and oxygen atoms in total. The highest BCUT2D eigenvalue weighted by Crippen LogP contribution is 2.31. The summed E-state index contributed by atoms with van der Waals surface area (Å²) in [6, 6.07) is 16.5. The van der Waals surface area contributed by atoms with Crippen LogP contribution in [-0.2, 0) is 4.79 Å². The van der Waals surface area contributed by atoms with Crippen LogP contribution in [0.5, 0.6) is 0 Å². The molecule has 146 valence electrons. The molecule has 1 aliphatic rings. The van der Waals surface area contributed by atoms with Crippen molar-refractivity contribution in [2.75, 3.05) is 0 Å². The van der Waals surface area contributed by atoms with Crippen molar-refractivity contribution in [3.63, 3.8) is 0 Å². The van der Waals surface area contributed by atoms with Gasteiger partial charge in [0.1, 0.15) is 5.82 Å². The smallest absolute Gasteiger partial charge is 0.233 e. The molecule has 1 aliphatic carbocycles. The maximum atomic E-state index is 12.5. The number of benzene rings is 2. The monoisotopic (exact) mass is 403 g/mol. The van der Waals surface area contributed by atoms with Gasteiger partial charge in [-0.25, -0.2) is 4.98 Å². The second-order valence-electron chi connectivity index (χ2n) is 7.50. The van der Waals surface area contributed by atoms with E-state index in [0.29, 0.717) is 11.2 Å². The Kier molecular flexibility index (Phi) is 4.47. The Morgan fingerprint density at radius 2 is 1.90 bits per heavy atom. The molecule has 1 N–H and O–H groups in total. The molecule has 1 unspecified atom stereocenters. The summed E-state index contributed by atoms with van der Waals surface area (Å²) in [4.78, 5) is 17.4. The number of carbonyl (C=O) groups is 1. The first-order chi connectivity index (χ1) is 14.1. The fourth-order valence-corrected chi connectivity index (χ4v) is 4.15. The number of rotatable bonds is 5. The molecular formula is C22H21N5OS. The number of nitrogens with zero attached hydrogens (tertiary/aromatic N) is 4. The number of carbonyl (C=O) groups excluding carboxylic acids is 1. The summed E-state index contributed by atoms with van der Waals surface area (Å²) in [7, 11) is 0. The molecule has 2 aromatic carbocycles. The largest absolute Gasteiger partial charge is 0.352 e. The molecule has 7 heteroatoms. The SMILES string of the molecule is Cc1ccc(-c2nc3ccccc3c3nnc(SC(C)C(=O)NC4CC4)n23)cc1. The molecule has 0 radical (unpaired) electrons. The molecule has 0 saturated heterocycles. The van der Waals surface area contributed by atoms with Crippen LogP contribution in [0, 0.1) is 6.92 Å². The quantitative estimate of drug-likeness (QED) is 0.510. The number of aryl methyl sites for hydroxylation is 1. The first-order valence-electron chi connectivity index (χ1n) is 9.78. The van der Waals surface area contributed by atoms with E-state index in [0.717, 1.165) is 40.8 Å². The lowest BCUT2D eigenvalue weighted by Gasteiger charge is -2.12. The van der Waals surface area contributed by atoms with Crippen molar-refractivity contribution >= 4 is 34.2 Å². The highest BCUT2D eigenvalue weighted by Gasteiger charge is 2.27. The van der Waals surface area contributed by atoms with Gasteiger partial charge in [0.25, 0.3) is 0 Å². The zero-order valence-corrected chi connectivity index (χ0v) is 17.1. The average Bonchev–Trinajstić information content (AvgIpc) is 3.45. The highest BCUT2D eigenvalue weighted by atomic mass is 32.2. The normalized spacial score (nSPS) is 15.0. The summed E-state index contributed by atoms with van der Waals surface area (Å²) in [6.45, 7) is 3.97. The van der Waals surface area contributed by atoms with Crippen LogP contribution in [0.2, 0.25) is 0 Å². The third kappa shape index (κ3) is 3.46. The van der Waals surface area contributed by atoms with Crippen LogP contribution in [0.3, 0.4) is 0 Å². The van der Waals surface area contributed by atoms with E-state index < -0.39 is 0 Å². The molecule has 2 aromatic heterocycles. The van der Waals surface area contributed by atoms with Crippen molar-refractivity contribution in [3.05, 3.63) is 54.1 Å². The summed E-state index contributed by atoms with van der Waals surface area (Å²) >= 11 is 1.42. The van der Waals surface area contributed by atoms with Gasteiger partial charge in [-0.2, -0.15) is 0 Å². The molecule has 1 atom stereocenters. The van der Waals surface area contributed by atoms with E-state index in [-0.39, 0.29) is 11.2 Å². The summed E-state index contributed by atoms with van der Waals surface area (Å²) in [5.41, 5.74) is 3.81. The lowest BCUT2D eigenvalue weighted by molar-refractivity contribution is -0.120. The van der Waals surface area contributed by atoms with Crippen LogP contribution >= 0.6 is 11.8 Å². The Bertz CT molecular complexity index is 1210. The zero-order valence-electron chi connectivity index (χ0n) is 16.3. The van der Waals surface area contributed by atoms with Crippen molar-refractivity contribution in [3.8, 4) is 11.4 Å². The number of hydrogen-bond donors (Lipinski definition) is 1. The van der Waals surface area contributed by atoms with Gasteiger partial charge in [-0.3, -0.25) is 9.20 Å². The van der Waals surface area contributed by atoms with E-state index in [1.165, 1.54) is 17.3 Å². The maximum Gasteiger partial charge on any atom is 0.233 e. The molecule has 2 heterocycles. The van der Waals surface area contributed by atoms with Crippen molar-refractivity contribution in [1.82, 2.24) is 24.9 Å². The number of aromatic nitrogens is 4. The van der Waals surface area contributed by atoms with Crippen LogP contribution in [-0.4, -0.2) is 36.8 Å². The maximum absolute atomic E-state index is 12.5. The van der Waals surface area contributed by atoms with Crippen LogP contribution in [0.1, 0.15) is 25.3 Å².